The van der Waals surface area contributed by atoms with Crippen molar-refractivity contribution >= 4 is 28.9 Å². The summed E-state index contributed by atoms with van der Waals surface area (Å²) in [5, 5.41) is 27.5. The van der Waals surface area contributed by atoms with Crippen LogP contribution in [0.4, 0.5) is 11.4 Å². The summed E-state index contributed by atoms with van der Waals surface area (Å²) in [5.74, 6) is -1.00. The highest BCUT2D eigenvalue weighted by molar-refractivity contribution is 6.33. The molecule has 1 N–H and O–H groups in total. The van der Waals surface area contributed by atoms with Crippen LogP contribution >= 0.6 is 11.6 Å². The Morgan fingerprint density at radius 3 is 2.64 bits per heavy atom. The first kappa shape index (κ1) is 21.1. The summed E-state index contributed by atoms with van der Waals surface area (Å²) in [5.41, 5.74) is -0.0860. The van der Waals surface area contributed by atoms with Crippen molar-refractivity contribution in [3.8, 4) is 11.9 Å². The van der Waals surface area contributed by atoms with Crippen LogP contribution in [-0.2, 0) is 11.3 Å². The molecule has 0 bridgehead atoms. The molecular weight excluding hydrogens is 384 g/mol. The summed E-state index contributed by atoms with van der Waals surface area (Å²) in [7, 11) is 0. The van der Waals surface area contributed by atoms with E-state index in [2.05, 4.69) is 10.2 Å². The van der Waals surface area contributed by atoms with Gasteiger partial charge in [-0.2, -0.15) is 10.4 Å². The second-order valence-corrected chi connectivity index (χ2v) is 6.56. The lowest BCUT2D eigenvalue weighted by Crippen LogP contribution is -2.20. The van der Waals surface area contributed by atoms with Crippen molar-refractivity contribution < 1.29 is 14.6 Å². The predicted molar refractivity (Wildman–Crippen MR) is 104 cm³/mol. The van der Waals surface area contributed by atoms with Gasteiger partial charge in [0.05, 0.1) is 22.4 Å². The molecule has 0 saturated carbocycles. The molecule has 28 heavy (non-hydrogen) atoms. The molecule has 9 heteroatoms. The van der Waals surface area contributed by atoms with Gasteiger partial charge >= 0.3 is 5.97 Å². The largest absolute Gasteiger partial charge is 0.493 e. The highest BCUT2D eigenvalue weighted by Crippen LogP contribution is 2.28. The van der Waals surface area contributed by atoms with Crippen LogP contribution in [0, 0.1) is 18.3 Å². The number of esters is 1. The van der Waals surface area contributed by atoms with Crippen LogP contribution in [0.5, 0.6) is 5.88 Å². The molecule has 0 saturated heterocycles. The van der Waals surface area contributed by atoms with Crippen molar-refractivity contribution in [3.05, 3.63) is 50.3 Å². The van der Waals surface area contributed by atoms with E-state index in [0.29, 0.717) is 0 Å². The minimum absolute atomic E-state index is 0.0484. The number of azo groups is 1. The Hall–Kier alpha value is -3.18. The van der Waals surface area contributed by atoms with Gasteiger partial charge in [0, 0.05) is 12.1 Å². The van der Waals surface area contributed by atoms with Gasteiger partial charge < -0.3 is 9.84 Å². The van der Waals surface area contributed by atoms with E-state index in [1.165, 1.54) is 25.1 Å². The maximum Gasteiger partial charge on any atom is 0.339 e. The lowest BCUT2D eigenvalue weighted by Gasteiger charge is -2.11. The average molecular weight is 403 g/mol. The van der Waals surface area contributed by atoms with Gasteiger partial charge in [-0.05, 0) is 45.9 Å². The van der Waals surface area contributed by atoms with Gasteiger partial charge in [0.15, 0.2) is 5.69 Å². The molecule has 1 aromatic carbocycles. The Kier molecular flexibility index (Phi) is 6.54. The van der Waals surface area contributed by atoms with Crippen LogP contribution in [0.3, 0.4) is 0 Å². The third-order valence-electron chi connectivity index (χ3n) is 3.86. The molecule has 0 radical (unpaired) electrons. The molecule has 0 aliphatic carbocycles. The minimum Gasteiger partial charge on any atom is -0.493 e. The number of hydrogen-bond donors (Lipinski definition) is 1. The monoisotopic (exact) mass is 402 g/mol. The van der Waals surface area contributed by atoms with Gasteiger partial charge in [0.1, 0.15) is 11.6 Å². The Labute approximate surface area is 166 Å². The molecule has 0 aliphatic rings. The van der Waals surface area contributed by atoms with Crippen molar-refractivity contribution in [2.45, 2.75) is 40.3 Å². The lowest BCUT2D eigenvalue weighted by atomic mass is 10.1. The molecule has 0 fully saturated rings. The number of halogens is 1. The van der Waals surface area contributed by atoms with Gasteiger partial charge in [0.25, 0.3) is 5.56 Å². The van der Waals surface area contributed by atoms with Crippen LogP contribution in [0.15, 0.2) is 33.2 Å². The number of nitriles is 1. The summed E-state index contributed by atoms with van der Waals surface area (Å²) in [6.07, 6.45) is -0.314. The number of carbonyl (C=O) groups excluding carboxylic acids is 1. The van der Waals surface area contributed by atoms with Crippen molar-refractivity contribution in [1.29, 1.82) is 5.26 Å². The Bertz CT molecular complexity index is 1050. The Balaban J connectivity index is 2.52. The van der Waals surface area contributed by atoms with Gasteiger partial charge in [0.2, 0.25) is 5.88 Å². The SMILES string of the molecule is CCn1c(O)c(C#N)c(C)c(N=Nc2ccc(Cl)c(C(=O)OC(C)C)c2)c1=O. The summed E-state index contributed by atoms with van der Waals surface area (Å²) < 4.78 is 6.17. The number of rotatable bonds is 5. The second-order valence-electron chi connectivity index (χ2n) is 6.15. The molecule has 0 aliphatic heterocycles. The smallest absolute Gasteiger partial charge is 0.339 e. The number of hydrogen-bond acceptors (Lipinski definition) is 7. The van der Waals surface area contributed by atoms with E-state index in [-0.39, 0.29) is 45.7 Å². The predicted octanol–water partition coefficient (Wildman–Crippen LogP) is 4.39. The van der Waals surface area contributed by atoms with Crippen molar-refractivity contribution in [2.75, 3.05) is 0 Å². The summed E-state index contributed by atoms with van der Waals surface area (Å²) in [4.78, 5) is 24.6. The standard InChI is InChI=1S/C19H19ClN4O4/c1-5-24-17(25)14(9-21)11(4)16(18(24)26)23-22-12-6-7-15(20)13(8-12)19(27)28-10(2)3/h6-8,10,25H,5H2,1-4H3. The third kappa shape index (κ3) is 4.21. The van der Waals surface area contributed by atoms with Crippen LogP contribution in [0.1, 0.15) is 42.3 Å². The van der Waals surface area contributed by atoms with E-state index < -0.39 is 17.4 Å². The fourth-order valence-corrected chi connectivity index (χ4v) is 2.66. The molecular formula is C19H19ClN4O4. The molecule has 0 spiro atoms. The lowest BCUT2D eigenvalue weighted by molar-refractivity contribution is 0.0378. The first-order valence-corrected chi connectivity index (χ1v) is 8.87. The zero-order valence-electron chi connectivity index (χ0n) is 15.9. The third-order valence-corrected chi connectivity index (χ3v) is 4.19. The van der Waals surface area contributed by atoms with E-state index in [9.17, 15) is 20.0 Å². The van der Waals surface area contributed by atoms with Crippen molar-refractivity contribution in [3.63, 3.8) is 0 Å². The van der Waals surface area contributed by atoms with Crippen molar-refractivity contribution in [1.82, 2.24) is 4.57 Å². The number of pyridine rings is 1. The number of benzene rings is 1. The van der Waals surface area contributed by atoms with Crippen LogP contribution in [0.2, 0.25) is 5.02 Å². The first-order valence-electron chi connectivity index (χ1n) is 8.49. The quantitative estimate of drug-likeness (QED) is 0.587. The van der Waals surface area contributed by atoms with Gasteiger partial charge in [-0.25, -0.2) is 4.79 Å². The second kappa shape index (κ2) is 8.67. The molecule has 0 unspecified atom stereocenters. The Morgan fingerprint density at radius 2 is 2.07 bits per heavy atom. The zero-order chi connectivity index (χ0) is 21.0. The number of ether oxygens (including phenoxy) is 1. The van der Waals surface area contributed by atoms with E-state index >= 15 is 0 Å². The fourth-order valence-electron chi connectivity index (χ4n) is 2.47. The van der Waals surface area contributed by atoms with Crippen LogP contribution < -0.4 is 5.56 Å². The number of aromatic nitrogens is 1. The highest BCUT2D eigenvalue weighted by Gasteiger charge is 2.18. The van der Waals surface area contributed by atoms with Crippen LogP contribution in [-0.4, -0.2) is 21.7 Å². The first-order chi connectivity index (χ1) is 13.2. The molecule has 2 aromatic rings. The highest BCUT2D eigenvalue weighted by atomic mass is 35.5. The average Bonchev–Trinajstić information content (AvgIpc) is 2.63. The summed E-state index contributed by atoms with van der Waals surface area (Å²) >= 11 is 6.05. The van der Waals surface area contributed by atoms with E-state index in [1.807, 2.05) is 6.07 Å². The normalized spacial score (nSPS) is 11.0. The number of nitrogens with zero attached hydrogens (tertiary/aromatic N) is 4. The van der Waals surface area contributed by atoms with Crippen molar-refractivity contribution in [2.24, 2.45) is 10.2 Å². The zero-order valence-corrected chi connectivity index (χ0v) is 16.6. The molecule has 0 amide bonds. The fraction of sp³-hybridized carbons (Fsp3) is 0.316. The van der Waals surface area contributed by atoms with Gasteiger partial charge in [-0.3, -0.25) is 9.36 Å². The van der Waals surface area contributed by atoms with Gasteiger partial charge in [-0.1, -0.05) is 11.6 Å². The molecule has 146 valence electrons. The molecule has 0 atom stereocenters. The van der Waals surface area contributed by atoms with E-state index in [4.69, 9.17) is 16.3 Å². The molecule has 1 heterocycles. The summed E-state index contributed by atoms with van der Waals surface area (Å²) in [6, 6.07) is 6.26. The molecule has 1 aromatic heterocycles. The minimum atomic E-state index is -0.599. The topological polar surface area (TPSA) is 117 Å². The maximum atomic E-state index is 12.5. The van der Waals surface area contributed by atoms with E-state index in [1.54, 1.807) is 20.8 Å². The molecule has 2 rings (SSSR count). The number of carbonyl (C=O) groups is 1. The van der Waals surface area contributed by atoms with Crippen LogP contribution in [0.25, 0.3) is 0 Å². The summed E-state index contributed by atoms with van der Waals surface area (Å²) in [6.45, 7) is 6.75. The maximum absolute atomic E-state index is 12.5. The van der Waals surface area contributed by atoms with E-state index in [0.717, 1.165) is 4.57 Å². The molecule has 8 nitrogen and oxygen atoms in total. The Morgan fingerprint density at radius 1 is 1.39 bits per heavy atom. The number of aromatic hydroxyl groups is 1. The van der Waals surface area contributed by atoms with Gasteiger partial charge in [-0.15, -0.1) is 5.11 Å².